The molecule has 0 aliphatic carbocycles. The third-order valence-corrected chi connectivity index (χ3v) is 2.91. The molecule has 1 atom stereocenters. The van der Waals surface area contributed by atoms with Crippen LogP contribution in [0.1, 0.15) is 18.5 Å². The number of carbonyl (C=O) groups excluding carboxylic acids is 2. The number of hydrogen-bond acceptors (Lipinski definition) is 5. The minimum absolute atomic E-state index is 0.0416. The number of carbonyl (C=O) groups is 2. The highest BCUT2D eigenvalue weighted by Crippen LogP contribution is 2.10. The van der Waals surface area contributed by atoms with E-state index in [2.05, 4.69) is 25.6 Å². The van der Waals surface area contributed by atoms with E-state index >= 15 is 0 Å². The number of aromatic nitrogens is 3. The Morgan fingerprint density at radius 2 is 2.05 bits per heavy atom. The minimum Gasteiger partial charge on any atom is -0.453 e. The van der Waals surface area contributed by atoms with Crippen molar-refractivity contribution in [2.45, 2.75) is 19.5 Å². The molecule has 2 N–H and O–H groups in total. The molecule has 0 aliphatic rings. The van der Waals surface area contributed by atoms with Crippen molar-refractivity contribution < 1.29 is 14.3 Å². The van der Waals surface area contributed by atoms with E-state index < -0.39 is 6.09 Å². The summed E-state index contributed by atoms with van der Waals surface area (Å²) in [6.07, 6.45) is 0.694. The van der Waals surface area contributed by atoms with Gasteiger partial charge in [0.2, 0.25) is 5.91 Å². The highest BCUT2D eigenvalue weighted by Gasteiger charge is 2.12. The third-order valence-electron chi connectivity index (χ3n) is 2.91. The van der Waals surface area contributed by atoms with Crippen LogP contribution in [0.4, 0.5) is 10.6 Å². The third kappa shape index (κ3) is 4.30. The van der Waals surface area contributed by atoms with Crippen LogP contribution >= 0.6 is 0 Å². The number of hydrogen-bond donors (Lipinski definition) is 2. The molecule has 0 radical (unpaired) electrons. The summed E-state index contributed by atoms with van der Waals surface area (Å²) in [6, 6.07) is 9.51. The van der Waals surface area contributed by atoms with Gasteiger partial charge in [0.1, 0.15) is 6.54 Å². The minimum atomic E-state index is -0.644. The first-order valence-electron chi connectivity index (χ1n) is 6.68. The van der Waals surface area contributed by atoms with Gasteiger partial charge in [-0.3, -0.25) is 10.1 Å². The van der Waals surface area contributed by atoms with E-state index in [1.165, 1.54) is 18.1 Å². The Balaban J connectivity index is 1.88. The van der Waals surface area contributed by atoms with E-state index in [1.807, 2.05) is 37.3 Å². The van der Waals surface area contributed by atoms with Gasteiger partial charge in [0, 0.05) is 0 Å². The quantitative estimate of drug-likeness (QED) is 0.868. The van der Waals surface area contributed by atoms with Gasteiger partial charge in [-0.05, 0) is 12.5 Å². The highest BCUT2D eigenvalue weighted by atomic mass is 16.5. The molecule has 0 bridgehead atoms. The molecule has 0 aliphatic heterocycles. The molecule has 0 fully saturated rings. The molecular formula is C14H17N5O3. The zero-order valence-corrected chi connectivity index (χ0v) is 12.3. The zero-order valence-electron chi connectivity index (χ0n) is 12.3. The van der Waals surface area contributed by atoms with Crippen LogP contribution < -0.4 is 10.6 Å². The van der Waals surface area contributed by atoms with Gasteiger partial charge in [-0.15, -0.1) is 5.10 Å². The standard InChI is InChI=1S/C14H17N5O3/c1-10(11-6-4-3-5-7-11)16-13(20)9-19-15-8-12(18-19)17-14(21)22-2/h3-8,10H,9H2,1-2H3,(H,16,20)(H,17,18,21). The molecule has 2 rings (SSSR count). The zero-order chi connectivity index (χ0) is 15.9. The summed E-state index contributed by atoms with van der Waals surface area (Å²) in [4.78, 5) is 24.2. The van der Waals surface area contributed by atoms with Crippen molar-refractivity contribution in [2.75, 3.05) is 12.4 Å². The maximum Gasteiger partial charge on any atom is 0.412 e. The van der Waals surface area contributed by atoms with Crippen LogP contribution in [0.3, 0.4) is 0 Å². The lowest BCUT2D eigenvalue weighted by atomic mass is 10.1. The second kappa shape index (κ2) is 7.21. The Morgan fingerprint density at radius 3 is 2.73 bits per heavy atom. The molecule has 2 amide bonds. The van der Waals surface area contributed by atoms with Crippen molar-refractivity contribution >= 4 is 17.8 Å². The molecule has 1 heterocycles. The van der Waals surface area contributed by atoms with Crippen molar-refractivity contribution in [1.82, 2.24) is 20.3 Å². The van der Waals surface area contributed by atoms with Gasteiger partial charge >= 0.3 is 6.09 Å². The van der Waals surface area contributed by atoms with Gasteiger partial charge in [0.25, 0.3) is 0 Å². The van der Waals surface area contributed by atoms with E-state index in [4.69, 9.17) is 0 Å². The Morgan fingerprint density at radius 1 is 1.32 bits per heavy atom. The topological polar surface area (TPSA) is 98.1 Å². The monoisotopic (exact) mass is 303 g/mol. The van der Waals surface area contributed by atoms with Crippen LogP contribution in [0.25, 0.3) is 0 Å². The Hall–Kier alpha value is -2.90. The molecule has 2 aromatic rings. The molecular weight excluding hydrogens is 286 g/mol. The lowest BCUT2D eigenvalue weighted by molar-refractivity contribution is -0.122. The number of benzene rings is 1. The fourth-order valence-corrected chi connectivity index (χ4v) is 1.83. The van der Waals surface area contributed by atoms with E-state index in [-0.39, 0.29) is 24.3 Å². The second-order valence-electron chi connectivity index (χ2n) is 4.58. The lowest BCUT2D eigenvalue weighted by Gasteiger charge is -2.13. The molecule has 1 aromatic carbocycles. The molecule has 116 valence electrons. The number of rotatable bonds is 5. The Bertz CT molecular complexity index is 641. The molecule has 22 heavy (non-hydrogen) atoms. The van der Waals surface area contributed by atoms with Crippen LogP contribution in [0, 0.1) is 0 Å². The van der Waals surface area contributed by atoms with Crippen LogP contribution in [0.2, 0.25) is 0 Å². The fraction of sp³-hybridized carbons (Fsp3) is 0.286. The normalized spacial score (nSPS) is 11.5. The van der Waals surface area contributed by atoms with Crippen LogP contribution in [0.15, 0.2) is 36.5 Å². The first-order valence-corrected chi connectivity index (χ1v) is 6.68. The predicted octanol–water partition coefficient (Wildman–Crippen LogP) is 1.33. The number of amides is 2. The average Bonchev–Trinajstić information content (AvgIpc) is 2.94. The van der Waals surface area contributed by atoms with Crippen molar-refractivity contribution in [2.24, 2.45) is 0 Å². The lowest BCUT2D eigenvalue weighted by Crippen LogP contribution is -2.30. The van der Waals surface area contributed by atoms with E-state index in [0.717, 1.165) is 5.56 Å². The van der Waals surface area contributed by atoms with E-state index in [0.29, 0.717) is 0 Å². The van der Waals surface area contributed by atoms with Crippen molar-refractivity contribution in [3.63, 3.8) is 0 Å². The SMILES string of the molecule is COC(=O)Nc1cnn(CC(=O)NC(C)c2ccccc2)n1. The Labute approximate surface area is 127 Å². The molecule has 1 aromatic heterocycles. The first-order chi connectivity index (χ1) is 10.6. The summed E-state index contributed by atoms with van der Waals surface area (Å²) in [5, 5.41) is 13.1. The predicted molar refractivity (Wildman–Crippen MR) is 79.0 cm³/mol. The highest BCUT2D eigenvalue weighted by molar-refractivity contribution is 5.82. The molecule has 0 saturated heterocycles. The van der Waals surface area contributed by atoms with E-state index in [1.54, 1.807) is 0 Å². The summed E-state index contributed by atoms with van der Waals surface area (Å²) in [5.41, 5.74) is 1.01. The molecule has 0 saturated carbocycles. The summed E-state index contributed by atoms with van der Waals surface area (Å²) < 4.78 is 4.44. The van der Waals surface area contributed by atoms with Gasteiger partial charge in [-0.2, -0.15) is 9.90 Å². The van der Waals surface area contributed by atoms with Gasteiger partial charge in [-0.25, -0.2) is 4.79 Å². The van der Waals surface area contributed by atoms with Crippen molar-refractivity contribution in [3.8, 4) is 0 Å². The smallest absolute Gasteiger partial charge is 0.412 e. The second-order valence-corrected chi connectivity index (χ2v) is 4.58. The van der Waals surface area contributed by atoms with E-state index in [9.17, 15) is 9.59 Å². The van der Waals surface area contributed by atoms with Crippen LogP contribution in [0.5, 0.6) is 0 Å². The first kappa shape index (κ1) is 15.5. The molecule has 8 heteroatoms. The number of nitrogens with one attached hydrogen (secondary N) is 2. The summed E-state index contributed by atoms with van der Waals surface area (Å²) >= 11 is 0. The number of methoxy groups -OCH3 is 1. The summed E-state index contributed by atoms with van der Waals surface area (Å²) in [6.45, 7) is 1.86. The fourth-order valence-electron chi connectivity index (χ4n) is 1.83. The average molecular weight is 303 g/mol. The largest absolute Gasteiger partial charge is 0.453 e. The van der Waals surface area contributed by atoms with Gasteiger partial charge in [0.15, 0.2) is 5.82 Å². The maximum atomic E-state index is 12.0. The van der Waals surface area contributed by atoms with Crippen LogP contribution in [-0.4, -0.2) is 34.1 Å². The number of nitrogens with zero attached hydrogens (tertiary/aromatic N) is 3. The van der Waals surface area contributed by atoms with Crippen molar-refractivity contribution in [1.29, 1.82) is 0 Å². The number of ether oxygens (including phenoxy) is 1. The number of anilines is 1. The summed E-state index contributed by atoms with van der Waals surface area (Å²) in [7, 11) is 1.25. The summed E-state index contributed by atoms with van der Waals surface area (Å²) in [5.74, 6) is -0.00710. The van der Waals surface area contributed by atoms with Gasteiger partial charge in [-0.1, -0.05) is 30.3 Å². The molecule has 0 spiro atoms. The Kier molecular flexibility index (Phi) is 5.07. The van der Waals surface area contributed by atoms with Gasteiger partial charge in [0.05, 0.1) is 19.3 Å². The molecule has 1 unspecified atom stereocenters. The van der Waals surface area contributed by atoms with Crippen molar-refractivity contribution in [3.05, 3.63) is 42.1 Å². The van der Waals surface area contributed by atoms with Crippen LogP contribution in [-0.2, 0) is 16.1 Å². The molecule has 8 nitrogen and oxygen atoms in total. The van der Waals surface area contributed by atoms with Gasteiger partial charge < -0.3 is 10.1 Å². The maximum absolute atomic E-state index is 12.0.